The maximum absolute atomic E-state index is 12.1. The average molecular weight is 316 g/mol. The highest BCUT2D eigenvalue weighted by Crippen LogP contribution is 2.09. The molecule has 1 aromatic rings. The number of rotatable bonds is 6. The van der Waals surface area contributed by atoms with Gasteiger partial charge in [-0.2, -0.15) is 5.26 Å². The summed E-state index contributed by atoms with van der Waals surface area (Å²) in [6, 6.07) is 8.74. The van der Waals surface area contributed by atoms with Gasteiger partial charge < -0.3 is 10.6 Å². The number of nitriles is 1. The molecule has 2 amide bonds. The van der Waals surface area contributed by atoms with E-state index in [2.05, 4.69) is 10.6 Å². The lowest BCUT2D eigenvalue weighted by molar-refractivity contribution is -0.124. The van der Waals surface area contributed by atoms with E-state index in [1.54, 1.807) is 29.2 Å². The predicted octanol–water partition coefficient (Wildman–Crippen LogP) is 1.73. The molecule has 0 aliphatic heterocycles. The number of anilines is 1. The molecule has 1 aromatic carbocycles. The van der Waals surface area contributed by atoms with Crippen molar-refractivity contribution in [2.24, 2.45) is 0 Å². The third-order valence-corrected chi connectivity index (χ3v) is 2.97. The van der Waals surface area contributed by atoms with Gasteiger partial charge in [-0.15, -0.1) is 0 Å². The Balaban J connectivity index is 2.56. The highest BCUT2D eigenvalue weighted by molar-refractivity contribution is 5.92. The molecule has 23 heavy (non-hydrogen) atoms. The number of hydrogen-bond donors (Lipinski definition) is 2. The van der Waals surface area contributed by atoms with Gasteiger partial charge in [0.25, 0.3) is 0 Å². The van der Waals surface area contributed by atoms with Gasteiger partial charge in [-0.25, -0.2) is 0 Å². The van der Waals surface area contributed by atoms with Gasteiger partial charge in [0.1, 0.15) is 0 Å². The van der Waals surface area contributed by atoms with E-state index in [0.717, 1.165) is 0 Å². The van der Waals surface area contributed by atoms with E-state index in [4.69, 9.17) is 5.26 Å². The van der Waals surface area contributed by atoms with Crippen LogP contribution in [-0.2, 0) is 9.59 Å². The van der Waals surface area contributed by atoms with Crippen molar-refractivity contribution in [2.45, 2.75) is 33.2 Å². The molecule has 124 valence electrons. The van der Waals surface area contributed by atoms with Gasteiger partial charge >= 0.3 is 0 Å². The van der Waals surface area contributed by atoms with Crippen LogP contribution in [0.15, 0.2) is 24.3 Å². The molecule has 0 fully saturated rings. The second kappa shape index (κ2) is 8.30. The van der Waals surface area contributed by atoms with Crippen LogP contribution in [0.3, 0.4) is 0 Å². The summed E-state index contributed by atoms with van der Waals surface area (Å²) in [5, 5.41) is 14.5. The minimum Gasteiger partial charge on any atom is -0.350 e. The number of likely N-dealkylation sites (N-methyl/N-ethyl adjacent to an activating group) is 1. The second-order valence-corrected chi connectivity index (χ2v) is 6.34. The quantitative estimate of drug-likeness (QED) is 0.837. The lowest BCUT2D eigenvalue weighted by Crippen LogP contribution is -2.47. The summed E-state index contributed by atoms with van der Waals surface area (Å²) in [5.74, 6) is -0.330. The Morgan fingerprint density at radius 2 is 1.87 bits per heavy atom. The minimum atomic E-state index is -0.295. The summed E-state index contributed by atoms with van der Waals surface area (Å²) in [7, 11) is 0. The van der Waals surface area contributed by atoms with Crippen LogP contribution in [0.2, 0.25) is 0 Å². The zero-order valence-electron chi connectivity index (χ0n) is 14.1. The molecule has 0 radical (unpaired) electrons. The van der Waals surface area contributed by atoms with Crippen molar-refractivity contribution >= 4 is 17.5 Å². The topological polar surface area (TPSA) is 85.2 Å². The molecule has 0 saturated carbocycles. The van der Waals surface area contributed by atoms with Crippen LogP contribution in [0.25, 0.3) is 0 Å². The monoisotopic (exact) mass is 316 g/mol. The first-order valence-corrected chi connectivity index (χ1v) is 7.57. The average Bonchev–Trinajstić information content (AvgIpc) is 2.44. The van der Waals surface area contributed by atoms with Crippen LogP contribution in [-0.4, -0.2) is 41.9 Å². The van der Waals surface area contributed by atoms with E-state index in [9.17, 15) is 9.59 Å². The highest BCUT2D eigenvalue weighted by atomic mass is 16.2. The Morgan fingerprint density at radius 1 is 1.22 bits per heavy atom. The largest absolute Gasteiger partial charge is 0.350 e. The fourth-order valence-corrected chi connectivity index (χ4v) is 2.01. The highest BCUT2D eigenvalue weighted by Gasteiger charge is 2.17. The molecule has 0 aliphatic carbocycles. The molecule has 0 bridgehead atoms. The molecule has 0 saturated heterocycles. The first-order chi connectivity index (χ1) is 10.7. The smallest absolute Gasteiger partial charge is 0.238 e. The van der Waals surface area contributed by atoms with Gasteiger partial charge in [-0.05, 0) is 45.5 Å². The third-order valence-electron chi connectivity index (χ3n) is 2.97. The fourth-order valence-electron chi connectivity index (χ4n) is 2.01. The standard InChI is InChI=1S/C17H24N4O2/c1-5-21(12-16(23)20-17(2,3)4)11-15(22)19-14-8-6-7-13(9-14)10-18/h6-9H,5,11-12H2,1-4H3,(H,19,22)(H,20,23). The van der Waals surface area contributed by atoms with Crippen LogP contribution in [0.1, 0.15) is 33.3 Å². The maximum Gasteiger partial charge on any atom is 0.238 e. The van der Waals surface area contributed by atoms with E-state index in [-0.39, 0.29) is 30.4 Å². The summed E-state index contributed by atoms with van der Waals surface area (Å²) in [6.07, 6.45) is 0. The van der Waals surface area contributed by atoms with E-state index in [0.29, 0.717) is 17.8 Å². The number of nitrogens with zero attached hydrogens (tertiary/aromatic N) is 2. The molecule has 0 unspecified atom stereocenters. The number of amides is 2. The first-order valence-electron chi connectivity index (χ1n) is 7.57. The number of carbonyl (C=O) groups is 2. The summed E-state index contributed by atoms with van der Waals surface area (Å²) >= 11 is 0. The first kappa shape index (κ1) is 18.7. The number of nitrogens with one attached hydrogen (secondary N) is 2. The zero-order valence-corrected chi connectivity index (χ0v) is 14.1. The van der Waals surface area contributed by atoms with Crippen LogP contribution in [0.4, 0.5) is 5.69 Å². The number of hydrogen-bond acceptors (Lipinski definition) is 4. The molecule has 0 heterocycles. The minimum absolute atomic E-state index is 0.112. The van der Waals surface area contributed by atoms with Crippen molar-refractivity contribution in [3.63, 3.8) is 0 Å². The molecule has 2 N–H and O–H groups in total. The molecular weight excluding hydrogens is 292 g/mol. The van der Waals surface area contributed by atoms with Crippen molar-refractivity contribution < 1.29 is 9.59 Å². The Hall–Kier alpha value is -2.39. The van der Waals surface area contributed by atoms with Gasteiger partial charge in [0, 0.05) is 11.2 Å². The lowest BCUT2D eigenvalue weighted by Gasteiger charge is -2.24. The van der Waals surface area contributed by atoms with Gasteiger partial charge in [0.2, 0.25) is 11.8 Å². The molecular formula is C17H24N4O2. The Labute approximate surface area is 137 Å². The van der Waals surface area contributed by atoms with Crippen molar-refractivity contribution in [3.05, 3.63) is 29.8 Å². The van der Waals surface area contributed by atoms with Crippen molar-refractivity contribution in [1.82, 2.24) is 10.2 Å². The van der Waals surface area contributed by atoms with Crippen molar-refractivity contribution in [1.29, 1.82) is 5.26 Å². The van der Waals surface area contributed by atoms with Crippen molar-refractivity contribution in [2.75, 3.05) is 25.0 Å². The number of carbonyl (C=O) groups excluding carboxylic acids is 2. The van der Waals surface area contributed by atoms with Gasteiger partial charge in [-0.1, -0.05) is 13.0 Å². The molecule has 6 heteroatoms. The van der Waals surface area contributed by atoms with Crippen LogP contribution in [0.5, 0.6) is 0 Å². The van der Waals surface area contributed by atoms with Gasteiger partial charge in [-0.3, -0.25) is 14.5 Å². The van der Waals surface area contributed by atoms with E-state index in [1.165, 1.54) is 0 Å². The van der Waals surface area contributed by atoms with Gasteiger partial charge in [0.15, 0.2) is 0 Å². The molecule has 1 rings (SSSR count). The van der Waals surface area contributed by atoms with Gasteiger partial charge in [0.05, 0.1) is 24.7 Å². The summed E-state index contributed by atoms with van der Waals surface area (Å²) in [6.45, 7) is 8.50. The molecule has 0 spiro atoms. The SMILES string of the molecule is CCN(CC(=O)Nc1cccc(C#N)c1)CC(=O)NC(C)(C)C. The van der Waals surface area contributed by atoms with Crippen molar-refractivity contribution in [3.8, 4) is 6.07 Å². The Morgan fingerprint density at radius 3 is 2.43 bits per heavy atom. The predicted molar refractivity (Wildman–Crippen MR) is 89.8 cm³/mol. The molecule has 0 aromatic heterocycles. The normalized spacial score (nSPS) is 11.0. The summed E-state index contributed by atoms with van der Waals surface area (Å²) < 4.78 is 0. The number of benzene rings is 1. The van der Waals surface area contributed by atoms with E-state index >= 15 is 0 Å². The second-order valence-electron chi connectivity index (χ2n) is 6.34. The third kappa shape index (κ3) is 7.43. The molecule has 0 atom stereocenters. The summed E-state index contributed by atoms with van der Waals surface area (Å²) in [5.41, 5.74) is 0.764. The fraction of sp³-hybridized carbons (Fsp3) is 0.471. The van der Waals surface area contributed by atoms with Crippen LogP contribution < -0.4 is 10.6 Å². The van der Waals surface area contributed by atoms with E-state index < -0.39 is 0 Å². The van der Waals surface area contributed by atoms with E-state index in [1.807, 2.05) is 33.8 Å². The van der Waals surface area contributed by atoms with Crippen LogP contribution in [0, 0.1) is 11.3 Å². The molecule has 6 nitrogen and oxygen atoms in total. The molecule has 0 aliphatic rings. The van der Waals surface area contributed by atoms with Crippen LogP contribution >= 0.6 is 0 Å². The summed E-state index contributed by atoms with van der Waals surface area (Å²) in [4.78, 5) is 25.8. The Kier molecular flexibility index (Phi) is 6.73. The Bertz CT molecular complexity index is 599. The zero-order chi connectivity index (χ0) is 17.5. The maximum atomic E-state index is 12.1. The lowest BCUT2D eigenvalue weighted by atomic mass is 10.1.